The second-order valence-corrected chi connectivity index (χ2v) is 5.61. The highest BCUT2D eigenvalue weighted by molar-refractivity contribution is 5.85. The van der Waals surface area contributed by atoms with Crippen molar-refractivity contribution in [3.63, 3.8) is 0 Å². The number of fused-ring (bicyclic) bond motifs is 1. The van der Waals surface area contributed by atoms with Crippen LogP contribution in [0.4, 0.5) is 0 Å². The molecule has 0 spiro atoms. The van der Waals surface area contributed by atoms with Gasteiger partial charge < -0.3 is 9.88 Å². The number of hydrogen-bond donors (Lipinski definition) is 1. The van der Waals surface area contributed by atoms with Gasteiger partial charge in [-0.25, -0.2) is 0 Å². The summed E-state index contributed by atoms with van der Waals surface area (Å²) in [7, 11) is 5.70. The summed E-state index contributed by atoms with van der Waals surface area (Å²) in [4.78, 5) is 19.4. The lowest BCUT2D eigenvalue weighted by molar-refractivity contribution is -0.134. The first-order chi connectivity index (χ1) is 9.41. The van der Waals surface area contributed by atoms with Crippen molar-refractivity contribution < 1.29 is 4.79 Å². The summed E-state index contributed by atoms with van der Waals surface area (Å²) in [6.07, 6.45) is 0. The van der Waals surface area contributed by atoms with Crippen LogP contribution < -0.4 is 0 Å². The highest BCUT2D eigenvalue weighted by atomic mass is 16.2. The number of benzene rings is 1. The maximum absolute atomic E-state index is 12.3. The number of rotatable bonds is 4. The van der Waals surface area contributed by atoms with E-state index in [1.54, 1.807) is 4.90 Å². The lowest BCUT2D eigenvalue weighted by Crippen LogP contribution is -2.42. The topological polar surface area (TPSA) is 39.3 Å². The van der Waals surface area contributed by atoms with Gasteiger partial charge in [-0.3, -0.25) is 9.69 Å². The third-order valence-electron chi connectivity index (χ3n) is 3.97. The molecule has 2 aromatic rings. The Morgan fingerprint density at radius 3 is 2.50 bits per heavy atom. The lowest BCUT2D eigenvalue weighted by atomic mass is 10.1. The molecule has 1 N–H and O–H groups in total. The van der Waals surface area contributed by atoms with E-state index in [4.69, 9.17) is 0 Å². The standard InChI is InChI=1S/C16H23N3O/c1-11-13-8-6-7-9-14(13)17-15(11)10-19(5)16(20)12(2)18(3)4/h6-9,12,17H,10H2,1-5H3/t12-/m1/s1. The van der Waals surface area contributed by atoms with Crippen LogP contribution in [0.1, 0.15) is 18.2 Å². The quantitative estimate of drug-likeness (QED) is 0.929. The van der Waals surface area contributed by atoms with Crippen molar-refractivity contribution in [2.75, 3.05) is 21.1 Å². The molecule has 108 valence electrons. The Balaban J connectivity index is 2.20. The third-order valence-corrected chi connectivity index (χ3v) is 3.97. The number of hydrogen-bond acceptors (Lipinski definition) is 2. The molecule has 4 nitrogen and oxygen atoms in total. The number of likely N-dealkylation sites (N-methyl/N-ethyl adjacent to an activating group) is 2. The van der Waals surface area contributed by atoms with Gasteiger partial charge in [-0.05, 0) is 39.6 Å². The van der Waals surface area contributed by atoms with Crippen molar-refractivity contribution >= 4 is 16.8 Å². The van der Waals surface area contributed by atoms with Gasteiger partial charge in [-0.2, -0.15) is 0 Å². The highest BCUT2D eigenvalue weighted by Gasteiger charge is 2.20. The molecule has 0 aliphatic heterocycles. The minimum absolute atomic E-state index is 0.107. The van der Waals surface area contributed by atoms with Crippen LogP contribution in [0.3, 0.4) is 0 Å². The van der Waals surface area contributed by atoms with Gasteiger partial charge in [-0.1, -0.05) is 18.2 Å². The van der Waals surface area contributed by atoms with E-state index >= 15 is 0 Å². The van der Waals surface area contributed by atoms with Crippen LogP contribution in [-0.4, -0.2) is 47.9 Å². The number of aryl methyl sites for hydroxylation is 1. The molecule has 1 amide bonds. The largest absolute Gasteiger partial charge is 0.357 e. The molecular weight excluding hydrogens is 250 g/mol. The Morgan fingerprint density at radius 1 is 1.25 bits per heavy atom. The van der Waals surface area contributed by atoms with Crippen molar-refractivity contribution in [2.45, 2.75) is 26.4 Å². The maximum atomic E-state index is 12.3. The first-order valence-electron chi connectivity index (χ1n) is 6.89. The predicted molar refractivity (Wildman–Crippen MR) is 82.7 cm³/mol. The molecular formula is C16H23N3O. The zero-order valence-electron chi connectivity index (χ0n) is 12.9. The van der Waals surface area contributed by atoms with Crippen LogP contribution in [0.25, 0.3) is 10.9 Å². The number of para-hydroxylation sites is 1. The Kier molecular flexibility index (Phi) is 4.14. The molecule has 0 radical (unpaired) electrons. The van der Waals surface area contributed by atoms with E-state index in [0.717, 1.165) is 11.2 Å². The monoisotopic (exact) mass is 273 g/mol. The predicted octanol–water partition coefficient (Wildman–Crippen LogP) is 2.38. The first-order valence-corrected chi connectivity index (χ1v) is 6.89. The van der Waals surface area contributed by atoms with Gasteiger partial charge in [0.15, 0.2) is 0 Å². The average Bonchev–Trinajstić information content (AvgIpc) is 2.74. The van der Waals surface area contributed by atoms with Gasteiger partial charge in [0.1, 0.15) is 0 Å². The van der Waals surface area contributed by atoms with Crippen LogP contribution in [0.15, 0.2) is 24.3 Å². The number of H-pyrrole nitrogens is 1. The Morgan fingerprint density at radius 2 is 1.90 bits per heavy atom. The number of nitrogens with zero attached hydrogens (tertiary/aromatic N) is 2. The summed E-state index contributed by atoms with van der Waals surface area (Å²) in [5.41, 5.74) is 3.45. The van der Waals surface area contributed by atoms with Crippen LogP contribution in [0.2, 0.25) is 0 Å². The molecule has 0 saturated heterocycles. The fraction of sp³-hybridized carbons (Fsp3) is 0.438. The second-order valence-electron chi connectivity index (χ2n) is 5.61. The Hall–Kier alpha value is -1.81. The third kappa shape index (κ3) is 2.70. The van der Waals surface area contributed by atoms with Crippen LogP contribution >= 0.6 is 0 Å². The summed E-state index contributed by atoms with van der Waals surface area (Å²) in [6, 6.07) is 8.12. The molecule has 1 atom stereocenters. The SMILES string of the molecule is Cc1c(CN(C)C(=O)[C@@H](C)N(C)C)[nH]c2ccccc12. The van der Waals surface area contributed by atoms with E-state index in [-0.39, 0.29) is 11.9 Å². The minimum atomic E-state index is -0.107. The van der Waals surface area contributed by atoms with Crippen LogP contribution in [0.5, 0.6) is 0 Å². The van der Waals surface area contributed by atoms with E-state index in [1.807, 2.05) is 45.1 Å². The van der Waals surface area contributed by atoms with Crippen molar-refractivity contribution in [3.8, 4) is 0 Å². The van der Waals surface area contributed by atoms with Gasteiger partial charge in [0.2, 0.25) is 5.91 Å². The molecule has 1 heterocycles. The van der Waals surface area contributed by atoms with Crippen molar-refractivity contribution in [1.82, 2.24) is 14.8 Å². The smallest absolute Gasteiger partial charge is 0.239 e. The number of amides is 1. The molecule has 20 heavy (non-hydrogen) atoms. The summed E-state index contributed by atoms with van der Waals surface area (Å²) in [6.45, 7) is 4.64. The molecule has 0 aliphatic carbocycles. The molecule has 0 aliphatic rings. The molecule has 0 bridgehead atoms. The minimum Gasteiger partial charge on any atom is -0.357 e. The van der Waals surface area contributed by atoms with Crippen molar-refractivity contribution in [1.29, 1.82) is 0 Å². The number of carbonyl (C=O) groups excluding carboxylic acids is 1. The molecule has 1 aromatic heterocycles. The Bertz CT molecular complexity index is 615. The number of carbonyl (C=O) groups is 1. The molecule has 0 saturated carbocycles. The van der Waals surface area contributed by atoms with Gasteiger partial charge in [0, 0.05) is 23.6 Å². The Labute approximate surface area is 120 Å². The summed E-state index contributed by atoms with van der Waals surface area (Å²) in [5.74, 6) is 0.132. The maximum Gasteiger partial charge on any atom is 0.239 e. The molecule has 0 unspecified atom stereocenters. The normalized spacial score (nSPS) is 12.9. The summed E-state index contributed by atoms with van der Waals surface area (Å²) in [5, 5.41) is 1.23. The molecule has 2 rings (SSSR count). The summed E-state index contributed by atoms with van der Waals surface area (Å²) < 4.78 is 0. The van der Waals surface area contributed by atoms with E-state index in [0.29, 0.717) is 6.54 Å². The zero-order valence-corrected chi connectivity index (χ0v) is 12.9. The molecule has 1 aromatic carbocycles. The molecule has 4 heteroatoms. The average molecular weight is 273 g/mol. The molecule has 0 fully saturated rings. The number of nitrogens with one attached hydrogen (secondary N) is 1. The fourth-order valence-electron chi connectivity index (χ4n) is 2.35. The van der Waals surface area contributed by atoms with E-state index in [9.17, 15) is 4.79 Å². The van der Waals surface area contributed by atoms with E-state index in [1.165, 1.54) is 10.9 Å². The second kappa shape index (κ2) is 5.67. The summed E-state index contributed by atoms with van der Waals surface area (Å²) >= 11 is 0. The van der Waals surface area contributed by atoms with Crippen LogP contribution in [-0.2, 0) is 11.3 Å². The highest BCUT2D eigenvalue weighted by Crippen LogP contribution is 2.22. The van der Waals surface area contributed by atoms with E-state index < -0.39 is 0 Å². The number of aromatic nitrogens is 1. The van der Waals surface area contributed by atoms with Gasteiger partial charge in [-0.15, -0.1) is 0 Å². The fourth-order valence-corrected chi connectivity index (χ4v) is 2.35. The van der Waals surface area contributed by atoms with Gasteiger partial charge >= 0.3 is 0 Å². The lowest BCUT2D eigenvalue weighted by Gasteiger charge is -2.25. The van der Waals surface area contributed by atoms with Crippen molar-refractivity contribution in [2.24, 2.45) is 0 Å². The first kappa shape index (κ1) is 14.6. The van der Waals surface area contributed by atoms with E-state index in [2.05, 4.69) is 24.0 Å². The number of aromatic amines is 1. The van der Waals surface area contributed by atoms with Crippen LogP contribution in [0, 0.1) is 6.92 Å². The van der Waals surface area contributed by atoms with Crippen molar-refractivity contribution in [3.05, 3.63) is 35.5 Å². The van der Waals surface area contributed by atoms with Gasteiger partial charge in [0.25, 0.3) is 0 Å². The zero-order chi connectivity index (χ0) is 14.9. The van der Waals surface area contributed by atoms with Gasteiger partial charge in [0.05, 0.1) is 12.6 Å².